The molecule has 1 unspecified atom stereocenters. The Balaban J connectivity index is 1.56. The number of nitrogens with one attached hydrogen (secondary N) is 1. The summed E-state index contributed by atoms with van der Waals surface area (Å²) in [4.78, 5) is 25.2. The van der Waals surface area contributed by atoms with Gasteiger partial charge in [0.25, 0.3) is 0 Å². The van der Waals surface area contributed by atoms with Crippen molar-refractivity contribution in [3.05, 3.63) is 93.8 Å². The van der Waals surface area contributed by atoms with Crippen LogP contribution in [0.25, 0.3) is 28.2 Å². The molecule has 1 N–H and O–H groups in total. The lowest BCUT2D eigenvalue weighted by molar-refractivity contribution is 0.630. The van der Waals surface area contributed by atoms with Crippen LogP contribution in [0, 0.1) is 13.8 Å². The summed E-state index contributed by atoms with van der Waals surface area (Å²) in [6, 6.07) is 18.1. The number of aromatic nitrogens is 6. The van der Waals surface area contributed by atoms with Crippen molar-refractivity contribution in [3.8, 4) is 17.1 Å². The molecule has 0 radical (unpaired) electrons. The Kier molecular flexibility index (Phi) is 5.40. The molecule has 34 heavy (non-hydrogen) atoms. The summed E-state index contributed by atoms with van der Waals surface area (Å²) in [5, 5.41) is 4.56. The quantitative estimate of drug-likeness (QED) is 0.391. The van der Waals surface area contributed by atoms with Gasteiger partial charge in [-0.05, 0) is 56.0 Å². The fraction of sp³-hybridized carbons (Fsp3) is 0.259. The molecule has 0 spiro atoms. The standard InChI is InChI=1S/C27H28N6O/c1-16(2)22-8-6-7-9-23(22)25-28-15-24-26(30-25)32(27(34)29-24)19(5)20-10-12-21(13-11-20)33-18(4)14-17(3)31-33/h6-16,19H,1-5H3,(H,29,34). The second kappa shape index (κ2) is 8.41. The van der Waals surface area contributed by atoms with Gasteiger partial charge in [-0.1, -0.05) is 50.2 Å². The number of fused-ring (bicyclic) bond motifs is 1. The first-order valence-electron chi connectivity index (χ1n) is 11.5. The molecule has 7 nitrogen and oxygen atoms in total. The minimum atomic E-state index is -0.209. The van der Waals surface area contributed by atoms with Gasteiger partial charge in [0.05, 0.1) is 23.6 Å². The van der Waals surface area contributed by atoms with Crippen LogP contribution in [-0.4, -0.2) is 29.3 Å². The Morgan fingerprint density at radius 2 is 1.71 bits per heavy atom. The highest BCUT2D eigenvalue weighted by atomic mass is 16.1. The van der Waals surface area contributed by atoms with Crippen LogP contribution in [0.3, 0.4) is 0 Å². The first-order chi connectivity index (χ1) is 16.3. The molecule has 7 heteroatoms. The van der Waals surface area contributed by atoms with Crippen LogP contribution in [0.15, 0.2) is 65.6 Å². The maximum atomic E-state index is 12.9. The summed E-state index contributed by atoms with van der Waals surface area (Å²) in [5.41, 5.74) is 7.26. The molecule has 3 heterocycles. The summed E-state index contributed by atoms with van der Waals surface area (Å²) < 4.78 is 3.63. The Morgan fingerprint density at radius 3 is 2.38 bits per heavy atom. The smallest absolute Gasteiger partial charge is 0.303 e. The third kappa shape index (κ3) is 3.73. The van der Waals surface area contributed by atoms with E-state index in [1.165, 1.54) is 5.56 Å². The molecule has 1 atom stereocenters. The molecular formula is C27H28N6O. The minimum absolute atomic E-state index is 0.200. The first-order valence-corrected chi connectivity index (χ1v) is 11.5. The SMILES string of the molecule is Cc1cc(C)n(-c2ccc(C(C)n3c(=O)[nH]c4cnc(-c5ccccc5C(C)C)nc43)cc2)n1. The second-order valence-electron chi connectivity index (χ2n) is 9.08. The number of rotatable bonds is 5. The van der Waals surface area contributed by atoms with Crippen LogP contribution in [0.4, 0.5) is 0 Å². The topological polar surface area (TPSA) is 81.4 Å². The van der Waals surface area contributed by atoms with E-state index < -0.39 is 0 Å². The number of H-pyrrole nitrogens is 1. The molecule has 172 valence electrons. The number of hydrogen-bond donors (Lipinski definition) is 1. The molecule has 0 saturated carbocycles. The normalized spacial score (nSPS) is 12.5. The van der Waals surface area contributed by atoms with Crippen LogP contribution >= 0.6 is 0 Å². The summed E-state index contributed by atoms with van der Waals surface area (Å²) in [7, 11) is 0. The van der Waals surface area contributed by atoms with E-state index in [-0.39, 0.29) is 11.7 Å². The van der Waals surface area contributed by atoms with E-state index in [2.05, 4.69) is 41.0 Å². The van der Waals surface area contributed by atoms with Crippen LogP contribution < -0.4 is 5.69 Å². The summed E-state index contributed by atoms with van der Waals surface area (Å²) in [5.74, 6) is 0.959. The van der Waals surface area contributed by atoms with Crippen molar-refractivity contribution in [3.63, 3.8) is 0 Å². The van der Waals surface area contributed by atoms with Gasteiger partial charge in [-0.15, -0.1) is 0 Å². The highest BCUT2D eigenvalue weighted by Gasteiger charge is 2.19. The maximum Gasteiger partial charge on any atom is 0.328 e. The third-order valence-electron chi connectivity index (χ3n) is 6.30. The molecule has 0 bridgehead atoms. The minimum Gasteiger partial charge on any atom is -0.303 e. The molecule has 0 fully saturated rings. The molecule has 0 aliphatic carbocycles. The predicted octanol–water partition coefficient (Wildman–Crippen LogP) is 5.32. The fourth-order valence-corrected chi connectivity index (χ4v) is 4.54. The summed E-state index contributed by atoms with van der Waals surface area (Å²) in [6.45, 7) is 10.3. The van der Waals surface area contributed by atoms with E-state index in [9.17, 15) is 4.79 Å². The van der Waals surface area contributed by atoms with Crippen molar-refractivity contribution >= 4 is 11.2 Å². The lowest BCUT2D eigenvalue weighted by atomic mass is 9.97. The molecule has 0 saturated heterocycles. The lowest BCUT2D eigenvalue weighted by Gasteiger charge is -2.15. The zero-order valence-corrected chi connectivity index (χ0v) is 20.1. The highest BCUT2D eigenvalue weighted by molar-refractivity contribution is 5.74. The molecule has 0 aliphatic rings. The van der Waals surface area contributed by atoms with Crippen molar-refractivity contribution in [2.45, 2.75) is 46.6 Å². The number of aryl methyl sites for hydroxylation is 2. The lowest BCUT2D eigenvalue weighted by Crippen LogP contribution is -2.21. The second-order valence-corrected chi connectivity index (χ2v) is 9.08. The first kappa shape index (κ1) is 21.8. The Labute approximate surface area is 198 Å². The van der Waals surface area contributed by atoms with Crippen molar-refractivity contribution in [1.29, 1.82) is 0 Å². The molecule has 3 aromatic heterocycles. The van der Waals surface area contributed by atoms with Gasteiger partial charge >= 0.3 is 5.69 Å². The highest BCUT2D eigenvalue weighted by Crippen LogP contribution is 2.28. The molecule has 5 rings (SSSR count). The van der Waals surface area contributed by atoms with Crippen molar-refractivity contribution in [1.82, 2.24) is 29.3 Å². The average Bonchev–Trinajstić information content (AvgIpc) is 3.35. The van der Waals surface area contributed by atoms with Crippen LogP contribution in [0.5, 0.6) is 0 Å². The van der Waals surface area contributed by atoms with Gasteiger partial charge in [-0.25, -0.2) is 19.4 Å². The van der Waals surface area contributed by atoms with Crippen molar-refractivity contribution in [2.75, 3.05) is 0 Å². The molecule has 0 aliphatic heterocycles. The van der Waals surface area contributed by atoms with Gasteiger partial charge in [0.2, 0.25) is 0 Å². The molecule has 0 amide bonds. The molecule has 5 aromatic rings. The zero-order valence-electron chi connectivity index (χ0n) is 20.1. The van der Waals surface area contributed by atoms with Gasteiger partial charge in [-0.3, -0.25) is 4.57 Å². The van der Waals surface area contributed by atoms with Crippen LogP contribution in [0.2, 0.25) is 0 Å². The number of imidazole rings is 1. The summed E-state index contributed by atoms with van der Waals surface area (Å²) in [6.07, 6.45) is 1.70. The maximum absolute atomic E-state index is 12.9. The van der Waals surface area contributed by atoms with E-state index in [1.54, 1.807) is 10.8 Å². The van der Waals surface area contributed by atoms with Crippen molar-refractivity contribution < 1.29 is 0 Å². The number of nitrogens with zero attached hydrogens (tertiary/aromatic N) is 5. The van der Waals surface area contributed by atoms with Crippen LogP contribution in [-0.2, 0) is 0 Å². The van der Waals surface area contributed by atoms with Crippen molar-refractivity contribution in [2.24, 2.45) is 0 Å². The van der Waals surface area contributed by atoms with E-state index in [4.69, 9.17) is 4.98 Å². The van der Waals surface area contributed by atoms with E-state index in [0.717, 1.165) is 28.2 Å². The van der Waals surface area contributed by atoms with E-state index in [0.29, 0.717) is 22.9 Å². The van der Waals surface area contributed by atoms with E-state index >= 15 is 0 Å². The largest absolute Gasteiger partial charge is 0.328 e. The average molecular weight is 453 g/mol. The van der Waals surface area contributed by atoms with Gasteiger partial charge in [0.15, 0.2) is 11.5 Å². The van der Waals surface area contributed by atoms with Gasteiger partial charge in [-0.2, -0.15) is 5.10 Å². The monoisotopic (exact) mass is 452 g/mol. The third-order valence-corrected chi connectivity index (χ3v) is 6.30. The fourth-order valence-electron chi connectivity index (χ4n) is 4.54. The number of benzene rings is 2. The summed E-state index contributed by atoms with van der Waals surface area (Å²) >= 11 is 0. The Morgan fingerprint density at radius 1 is 0.971 bits per heavy atom. The Hall–Kier alpha value is -4.00. The predicted molar refractivity (Wildman–Crippen MR) is 135 cm³/mol. The van der Waals surface area contributed by atoms with E-state index in [1.807, 2.05) is 67.9 Å². The number of aromatic amines is 1. The van der Waals surface area contributed by atoms with Crippen LogP contribution in [0.1, 0.15) is 55.2 Å². The van der Waals surface area contributed by atoms with Gasteiger partial charge < -0.3 is 4.98 Å². The van der Waals surface area contributed by atoms with Gasteiger partial charge in [0, 0.05) is 11.3 Å². The zero-order chi connectivity index (χ0) is 24.0. The Bertz CT molecular complexity index is 1540. The van der Waals surface area contributed by atoms with Gasteiger partial charge in [0.1, 0.15) is 5.52 Å². The molecule has 2 aromatic carbocycles. The molecular weight excluding hydrogens is 424 g/mol. The number of hydrogen-bond acceptors (Lipinski definition) is 4.